The van der Waals surface area contributed by atoms with Gasteiger partial charge in [-0.25, -0.2) is 15.0 Å². The molecule has 0 spiro atoms. The minimum atomic E-state index is 0.695. The van der Waals surface area contributed by atoms with Crippen LogP contribution in [0.25, 0.3) is 109 Å². The van der Waals surface area contributed by atoms with Crippen LogP contribution in [0.3, 0.4) is 0 Å². The van der Waals surface area contributed by atoms with Gasteiger partial charge in [0.2, 0.25) is 0 Å². The van der Waals surface area contributed by atoms with Gasteiger partial charge in [0, 0.05) is 69.4 Å². The van der Waals surface area contributed by atoms with Gasteiger partial charge in [-0.15, -0.1) is 11.3 Å². The minimum absolute atomic E-state index is 0.695. The predicted octanol–water partition coefficient (Wildman–Crippen LogP) is 13.1. The fraction of sp³-hybridized carbons (Fsp3) is 0. The summed E-state index contributed by atoms with van der Waals surface area (Å²) in [6.45, 7) is 0. The number of para-hydroxylation sites is 1. The first kappa shape index (κ1) is 29.1. The number of benzene rings is 7. The molecule has 4 aromatic heterocycles. The Morgan fingerprint density at radius 2 is 1.04 bits per heavy atom. The van der Waals surface area contributed by atoms with E-state index in [9.17, 15) is 0 Å². The van der Waals surface area contributed by atoms with E-state index in [4.69, 9.17) is 19.4 Å². The highest BCUT2D eigenvalue weighted by Crippen LogP contribution is 2.42. The number of fused-ring (bicyclic) bond motifs is 10. The summed E-state index contributed by atoms with van der Waals surface area (Å²) >= 11 is 1.82. The molecule has 0 saturated carbocycles. The molecule has 0 aliphatic heterocycles. The third-order valence-corrected chi connectivity index (χ3v) is 11.2. The van der Waals surface area contributed by atoms with Crippen molar-refractivity contribution >= 4 is 75.1 Å². The predicted molar refractivity (Wildman–Crippen MR) is 217 cm³/mol. The second-order valence-corrected chi connectivity index (χ2v) is 14.2. The molecule has 0 saturated heterocycles. The molecule has 0 unspecified atom stereocenters. The monoisotopic (exact) mass is 681 g/mol. The Morgan fingerprint density at radius 1 is 0.404 bits per heavy atom. The van der Waals surface area contributed by atoms with E-state index in [1.54, 1.807) is 0 Å². The number of hydrogen-bond donors (Lipinski definition) is 0. The average Bonchev–Trinajstić information content (AvgIpc) is 3.78. The Kier molecular flexibility index (Phi) is 6.39. The highest BCUT2D eigenvalue weighted by molar-refractivity contribution is 7.25. The molecule has 0 N–H and O–H groups in total. The van der Waals surface area contributed by atoms with Crippen LogP contribution in [0.1, 0.15) is 0 Å². The number of thiophene rings is 1. The lowest BCUT2D eigenvalue weighted by molar-refractivity contribution is 0.673. The summed E-state index contributed by atoms with van der Waals surface area (Å²) in [6, 6.07) is 57.1. The average molecular weight is 682 g/mol. The Labute approximate surface area is 302 Å². The number of furan rings is 1. The molecule has 52 heavy (non-hydrogen) atoms. The Morgan fingerprint density at radius 3 is 1.87 bits per heavy atom. The summed E-state index contributed by atoms with van der Waals surface area (Å²) in [5.74, 6) is 0.695. The molecule has 4 nitrogen and oxygen atoms in total. The molecule has 242 valence electrons. The Bertz CT molecular complexity index is 3180. The molecule has 4 heterocycles. The van der Waals surface area contributed by atoms with Crippen LogP contribution in [0.5, 0.6) is 0 Å². The number of hydrogen-bond acceptors (Lipinski definition) is 5. The second kappa shape index (κ2) is 11.4. The highest BCUT2D eigenvalue weighted by Gasteiger charge is 2.19. The maximum atomic E-state index is 6.75. The van der Waals surface area contributed by atoms with Gasteiger partial charge in [-0.3, -0.25) is 0 Å². The van der Waals surface area contributed by atoms with Crippen LogP contribution in [0, 0.1) is 0 Å². The SMILES string of the molecule is c1ccc(-c2nc(-c3ccc4c(c3)sc3ccccc34)cc(-c3ccc4oc5c(ccc6c(-c7ccccc7)nc7ccccc7c65)c4c3)n2)cc1. The highest BCUT2D eigenvalue weighted by atomic mass is 32.1. The van der Waals surface area contributed by atoms with Gasteiger partial charge in [-0.2, -0.15) is 0 Å². The van der Waals surface area contributed by atoms with E-state index in [1.165, 1.54) is 20.2 Å². The molecule has 11 aromatic rings. The summed E-state index contributed by atoms with van der Waals surface area (Å²) in [5, 5.41) is 7.89. The minimum Gasteiger partial charge on any atom is -0.455 e. The summed E-state index contributed by atoms with van der Waals surface area (Å²) < 4.78 is 9.28. The molecule has 11 rings (SSSR count). The number of rotatable bonds is 4. The lowest BCUT2D eigenvalue weighted by Gasteiger charge is -2.10. The topological polar surface area (TPSA) is 51.8 Å². The zero-order valence-electron chi connectivity index (χ0n) is 27.7. The Hall–Kier alpha value is -6.69. The van der Waals surface area contributed by atoms with Crippen LogP contribution in [0.15, 0.2) is 168 Å². The van der Waals surface area contributed by atoms with Gasteiger partial charge in [0.15, 0.2) is 5.82 Å². The van der Waals surface area contributed by atoms with Crippen LogP contribution in [0.4, 0.5) is 0 Å². The first-order valence-corrected chi connectivity index (χ1v) is 18.2. The molecule has 0 radical (unpaired) electrons. The molecule has 7 aromatic carbocycles. The molecule has 0 aliphatic rings. The lowest BCUT2D eigenvalue weighted by Crippen LogP contribution is -1.95. The van der Waals surface area contributed by atoms with Crippen molar-refractivity contribution in [3.8, 4) is 45.2 Å². The van der Waals surface area contributed by atoms with Gasteiger partial charge in [-0.1, -0.05) is 115 Å². The number of nitrogens with zero attached hydrogens (tertiary/aromatic N) is 3. The molecular weight excluding hydrogens is 655 g/mol. The smallest absolute Gasteiger partial charge is 0.160 e. The number of pyridine rings is 1. The van der Waals surface area contributed by atoms with Crippen LogP contribution in [-0.4, -0.2) is 15.0 Å². The van der Waals surface area contributed by atoms with Crippen molar-refractivity contribution in [3.05, 3.63) is 164 Å². The zero-order valence-corrected chi connectivity index (χ0v) is 28.6. The van der Waals surface area contributed by atoms with Crippen molar-refractivity contribution < 1.29 is 4.42 Å². The normalized spacial score (nSPS) is 11.8. The van der Waals surface area contributed by atoms with Crippen molar-refractivity contribution in [2.75, 3.05) is 0 Å². The van der Waals surface area contributed by atoms with Crippen molar-refractivity contribution in [1.82, 2.24) is 15.0 Å². The molecule has 0 amide bonds. The van der Waals surface area contributed by atoms with Crippen LogP contribution in [-0.2, 0) is 0 Å². The summed E-state index contributed by atoms with van der Waals surface area (Å²) in [6.07, 6.45) is 0. The maximum absolute atomic E-state index is 6.75. The van der Waals surface area contributed by atoms with Crippen molar-refractivity contribution in [2.24, 2.45) is 0 Å². The molecule has 0 bridgehead atoms. The molecule has 0 fully saturated rings. The maximum Gasteiger partial charge on any atom is 0.160 e. The third kappa shape index (κ3) is 4.57. The van der Waals surface area contributed by atoms with E-state index >= 15 is 0 Å². The fourth-order valence-electron chi connectivity index (χ4n) is 7.59. The van der Waals surface area contributed by atoms with Gasteiger partial charge in [0.05, 0.1) is 22.6 Å². The largest absolute Gasteiger partial charge is 0.455 e. The van der Waals surface area contributed by atoms with E-state index in [-0.39, 0.29) is 0 Å². The van der Waals surface area contributed by atoms with Gasteiger partial charge in [0.1, 0.15) is 11.2 Å². The van der Waals surface area contributed by atoms with Gasteiger partial charge in [0.25, 0.3) is 0 Å². The van der Waals surface area contributed by atoms with E-state index in [1.807, 2.05) is 41.7 Å². The summed E-state index contributed by atoms with van der Waals surface area (Å²) in [7, 11) is 0. The third-order valence-electron chi connectivity index (χ3n) is 10.1. The molecule has 0 atom stereocenters. The van der Waals surface area contributed by atoms with E-state index in [0.29, 0.717) is 5.82 Å². The standard InChI is InChI=1S/C47H27N3OS/c1-3-11-28(12-4-1)45-36-23-22-34-37-25-30(20-24-41(37)51-46(34)44(36)35-16-7-9-17-38(35)48-45)39-27-40(50-47(49-39)29-13-5-2-6-14-29)31-19-21-33-32-15-8-10-18-42(32)52-43(33)26-31/h1-27H. The van der Waals surface area contributed by atoms with Crippen molar-refractivity contribution in [2.45, 2.75) is 0 Å². The van der Waals surface area contributed by atoms with E-state index in [2.05, 4.69) is 133 Å². The zero-order chi connectivity index (χ0) is 34.2. The summed E-state index contributed by atoms with van der Waals surface area (Å²) in [5.41, 5.74) is 9.47. The number of aromatic nitrogens is 3. The van der Waals surface area contributed by atoms with E-state index < -0.39 is 0 Å². The van der Waals surface area contributed by atoms with Crippen LogP contribution < -0.4 is 0 Å². The molecular formula is C47H27N3OS. The van der Waals surface area contributed by atoms with Crippen LogP contribution >= 0.6 is 11.3 Å². The second-order valence-electron chi connectivity index (χ2n) is 13.2. The van der Waals surface area contributed by atoms with E-state index in [0.717, 1.165) is 82.9 Å². The van der Waals surface area contributed by atoms with Gasteiger partial charge in [-0.05, 0) is 48.5 Å². The van der Waals surface area contributed by atoms with Crippen molar-refractivity contribution in [3.63, 3.8) is 0 Å². The molecule has 0 aliphatic carbocycles. The summed E-state index contributed by atoms with van der Waals surface area (Å²) in [4.78, 5) is 15.4. The molecule has 5 heteroatoms. The van der Waals surface area contributed by atoms with Gasteiger partial charge < -0.3 is 4.42 Å². The van der Waals surface area contributed by atoms with Crippen molar-refractivity contribution in [1.29, 1.82) is 0 Å². The Balaban J connectivity index is 1.12. The fourth-order valence-corrected chi connectivity index (χ4v) is 8.73. The van der Waals surface area contributed by atoms with Crippen LogP contribution in [0.2, 0.25) is 0 Å². The lowest BCUT2D eigenvalue weighted by atomic mass is 9.97. The van der Waals surface area contributed by atoms with Gasteiger partial charge >= 0.3 is 0 Å². The quantitative estimate of drug-likeness (QED) is 0.174. The first-order valence-electron chi connectivity index (χ1n) is 17.3. The first-order chi connectivity index (χ1) is 25.7.